The number of Topliss-reactive ketones (excluding diaryl/α,β-unsaturated/α-hetero) is 1. The summed E-state index contributed by atoms with van der Waals surface area (Å²) in [5, 5.41) is 5.18. The van der Waals surface area contributed by atoms with Crippen molar-refractivity contribution in [3.05, 3.63) is 0 Å². The van der Waals surface area contributed by atoms with E-state index >= 15 is 0 Å². The highest BCUT2D eigenvalue weighted by molar-refractivity contribution is 5.85. The smallest absolute Gasteiger partial charge is 0.220 e. The van der Waals surface area contributed by atoms with E-state index in [9.17, 15) is 9.59 Å². The normalized spacial score (nSPS) is 9.27. The van der Waals surface area contributed by atoms with Crippen LogP contribution in [0.4, 0.5) is 0 Å². The number of nitrogens with one attached hydrogen (secondary N) is 2. The van der Waals surface area contributed by atoms with Crippen LogP contribution in [0.2, 0.25) is 0 Å². The predicted molar refractivity (Wildman–Crippen MR) is 42.2 cm³/mol. The van der Waals surface area contributed by atoms with Crippen LogP contribution in [0, 0.1) is 0 Å². The minimum absolute atomic E-state index is 0.0658. The maximum atomic E-state index is 10.8. The monoisotopic (exact) mass is 158 g/mol. The number of hydrogen-bond donors (Lipinski definition) is 2. The van der Waals surface area contributed by atoms with Gasteiger partial charge in [-0.3, -0.25) is 9.59 Å². The maximum absolute atomic E-state index is 10.8. The van der Waals surface area contributed by atoms with Crippen molar-refractivity contribution in [3.63, 3.8) is 0 Å². The third kappa shape index (κ3) is 5.54. The van der Waals surface area contributed by atoms with E-state index in [1.54, 1.807) is 14.1 Å². The van der Waals surface area contributed by atoms with Gasteiger partial charge in [-0.15, -0.1) is 0 Å². The van der Waals surface area contributed by atoms with Gasteiger partial charge in [0, 0.05) is 19.9 Å². The van der Waals surface area contributed by atoms with Crippen molar-refractivity contribution in [2.75, 3.05) is 20.6 Å². The summed E-state index contributed by atoms with van der Waals surface area (Å²) in [6, 6.07) is 0. The van der Waals surface area contributed by atoms with E-state index in [1.165, 1.54) is 0 Å². The third-order valence-corrected chi connectivity index (χ3v) is 1.28. The number of amides is 1. The minimum atomic E-state index is -0.0885. The average Bonchev–Trinajstić information content (AvgIpc) is 2.01. The van der Waals surface area contributed by atoms with Gasteiger partial charge in [-0.2, -0.15) is 0 Å². The van der Waals surface area contributed by atoms with Gasteiger partial charge in [0.1, 0.15) is 5.78 Å². The van der Waals surface area contributed by atoms with Crippen LogP contribution in [0.25, 0.3) is 0 Å². The molecular weight excluding hydrogens is 144 g/mol. The Bertz CT molecular complexity index is 145. The fraction of sp³-hybridized carbons (Fsp3) is 0.714. The van der Waals surface area contributed by atoms with Crippen LogP contribution in [0.15, 0.2) is 0 Å². The van der Waals surface area contributed by atoms with Crippen LogP contribution in [0.1, 0.15) is 12.8 Å². The minimum Gasteiger partial charge on any atom is -0.359 e. The second-order valence-corrected chi connectivity index (χ2v) is 2.24. The van der Waals surface area contributed by atoms with Gasteiger partial charge in [-0.1, -0.05) is 0 Å². The van der Waals surface area contributed by atoms with Crippen LogP contribution in [-0.2, 0) is 9.59 Å². The molecule has 0 aliphatic heterocycles. The van der Waals surface area contributed by atoms with Crippen molar-refractivity contribution in [3.8, 4) is 0 Å². The zero-order chi connectivity index (χ0) is 8.69. The molecule has 0 bridgehead atoms. The van der Waals surface area contributed by atoms with Gasteiger partial charge >= 0.3 is 0 Å². The number of carbonyl (C=O) groups is 2. The largest absolute Gasteiger partial charge is 0.359 e. The fourth-order valence-corrected chi connectivity index (χ4v) is 0.664. The summed E-state index contributed by atoms with van der Waals surface area (Å²) in [6.07, 6.45) is 0.609. The first-order valence-electron chi connectivity index (χ1n) is 3.57. The molecule has 0 saturated heterocycles. The first-order valence-corrected chi connectivity index (χ1v) is 3.57. The molecule has 0 radical (unpaired) electrons. The molecule has 0 fully saturated rings. The Morgan fingerprint density at radius 1 is 1.18 bits per heavy atom. The van der Waals surface area contributed by atoms with Crippen molar-refractivity contribution < 1.29 is 9.59 Å². The van der Waals surface area contributed by atoms with E-state index in [2.05, 4.69) is 10.6 Å². The molecule has 0 atom stereocenters. The summed E-state index contributed by atoms with van der Waals surface area (Å²) >= 11 is 0. The summed E-state index contributed by atoms with van der Waals surface area (Å²) in [5.74, 6) is -0.0226. The van der Waals surface area contributed by atoms with E-state index in [1.807, 2.05) is 0 Å². The topological polar surface area (TPSA) is 58.2 Å². The Morgan fingerprint density at radius 3 is 2.27 bits per heavy atom. The number of carbonyl (C=O) groups excluding carboxylic acids is 2. The Kier molecular flexibility index (Phi) is 5.37. The van der Waals surface area contributed by atoms with E-state index < -0.39 is 0 Å². The molecule has 64 valence electrons. The molecule has 0 heterocycles. The highest BCUT2D eigenvalue weighted by Crippen LogP contribution is 1.88. The summed E-state index contributed by atoms with van der Waals surface area (Å²) in [6.45, 7) is 0.344. The molecule has 1 amide bonds. The molecule has 0 aliphatic carbocycles. The van der Waals surface area contributed by atoms with Crippen molar-refractivity contribution in [1.29, 1.82) is 0 Å². The van der Waals surface area contributed by atoms with Crippen LogP contribution >= 0.6 is 0 Å². The summed E-state index contributed by atoms with van der Waals surface area (Å²) in [7, 11) is 3.27. The molecule has 0 unspecified atom stereocenters. The second-order valence-electron chi connectivity index (χ2n) is 2.24. The van der Waals surface area contributed by atoms with Crippen molar-refractivity contribution in [1.82, 2.24) is 10.6 Å². The van der Waals surface area contributed by atoms with Crippen molar-refractivity contribution in [2.24, 2.45) is 0 Å². The highest BCUT2D eigenvalue weighted by Gasteiger charge is 2.03. The molecule has 0 rings (SSSR count). The summed E-state index contributed by atoms with van der Waals surface area (Å²) < 4.78 is 0. The van der Waals surface area contributed by atoms with Crippen molar-refractivity contribution >= 4 is 11.7 Å². The molecule has 0 saturated carbocycles. The summed E-state index contributed by atoms with van der Waals surface area (Å²) in [4.78, 5) is 21.5. The summed E-state index contributed by atoms with van der Waals surface area (Å²) in [5.41, 5.74) is 0. The van der Waals surface area contributed by atoms with Crippen LogP contribution in [0.5, 0.6) is 0 Å². The zero-order valence-corrected chi connectivity index (χ0v) is 6.94. The van der Waals surface area contributed by atoms with Crippen LogP contribution in [-0.4, -0.2) is 32.3 Å². The number of likely N-dealkylation sites (N-methyl/N-ethyl adjacent to an activating group) is 1. The lowest BCUT2D eigenvalue weighted by Crippen LogP contribution is -2.22. The second kappa shape index (κ2) is 5.85. The highest BCUT2D eigenvalue weighted by atomic mass is 16.2. The van der Waals surface area contributed by atoms with E-state index in [0.717, 1.165) is 0 Å². The average molecular weight is 158 g/mol. The Balaban J connectivity index is 3.38. The van der Waals surface area contributed by atoms with Gasteiger partial charge in [-0.25, -0.2) is 0 Å². The van der Waals surface area contributed by atoms with E-state index in [-0.39, 0.29) is 18.1 Å². The van der Waals surface area contributed by atoms with Gasteiger partial charge in [0.15, 0.2) is 0 Å². The molecule has 0 aromatic rings. The zero-order valence-electron chi connectivity index (χ0n) is 6.94. The molecule has 2 N–H and O–H groups in total. The molecule has 11 heavy (non-hydrogen) atoms. The Hall–Kier alpha value is -0.900. The van der Waals surface area contributed by atoms with Gasteiger partial charge in [0.2, 0.25) is 5.91 Å². The maximum Gasteiger partial charge on any atom is 0.220 e. The first-order chi connectivity index (χ1) is 5.20. The Morgan fingerprint density at radius 2 is 1.82 bits per heavy atom. The number of rotatable bonds is 5. The van der Waals surface area contributed by atoms with Crippen LogP contribution in [0.3, 0.4) is 0 Å². The lowest BCUT2D eigenvalue weighted by Gasteiger charge is -1.98. The Labute approximate surface area is 66.4 Å². The molecule has 4 nitrogen and oxygen atoms in total. The van der Waals surface area contributed by atoms with E-state index in [4.69, 9.17) is 0 Å². The van der Waals surface area contributed by atoms with Gasteiger partial charge < -0.3 is 10.6 Å². The molecule has 0 spiro atoms. The molecule has 0 aromatic heterocycles. The molecule has 0 aromatic carbocycles. The number of hydrogen-bond acceptors (Lipinski definition) is 3. The van der Waals surface area contributed by atoms with Crippen molar-refractivity contribution in [2.45, 2.75) is 12.8 Å². The molecule has 4 heteroatoms. The predicted octanol–water partition coefficient (Wildman–Crippen LogP) is -0.699. The lowest BCUT2D eigenvalue weighted by atomic mass is 10.2. The lowest BCUT2D eigenvalue weighted by molar-refractivity contribution is -0.124. The van der Waals surface area contributed by atoms with E-state index in [0.29, 0.717) is 13.0 Å². The third-order valence-electron chi connectivity index (χ3n) is 1.28. The van der Waals surface area contributed by atoms with Gasteiger partial charge in [-0.05, 0) is 7.05 Å². The SMILES string of the molecule is CNCC(=O)CCC(=O)NC. The fourth-order valence-electron chi connectivity index (χ4n) is 0.664. The van der Waals surface area contributed by atoms with Crippen LogP contribution < -0.4 is 10.6 Å². The van der Waals surface area contributed by atoms with Gasteiger partial charge in [0.05, 0.1) is 6.54 Å². The molecular formula is C7H14N2O2. The number of ketones is 1. The standard InChI is InChI=1S/C7H14N2O2/c1-8-5-6(10)3-4-7(11)9-2/h8H,3-5H2,1-2H3,(H,9,11). The quantitative estimate of drug-likeness (QED) is 0.556. The molecule has 0 aliphatic rings. The van der Waals surface area contributed by atoms with Gasteiger partial charge in [0.25, 0.3) is 0 Å². The first kappa shape index (κ1) is 10.1.